The number of nitrogens with zero attached hydrogens (tertiary/aromatic N) is 2. The van der Waals surface area contributed by atoms with E-state index in [0.717, 1.165) is 0 Å². The fourth-order valence-electron chi connectivity index (χ4n) is 2.97. The van der Waals surface area contributed by atoms with Crippen molar-refractivity contribution in [1.29, 1.82) is 0 Å². The van der Waals surface area contributed by atoms with Crippen LogP contribution in [0.3, 0.4) is 0 Å². The lowest BCUT2D eigenvalue weighted by Gasteiger charge is -2.44. The van der Waals surface area contributed by atoms with Crippen molar-refractivity contribution in [3.63, 3.8) is 0 Å². The second kappa shape index (κ2) is 9.53. The summed E-state index contributed by atoms with van der Waals surface area (Å²) >= 11 is 3.08. The summed E-state index contributed by atoms with van der Waals surface area (Å²) < 4.78 is 19.5. The lowest BCUT2D eigenvalue weighted by atomic mass is 10.1. The van der Waals surface area contributed by atoms with Gasteiger partial charge in [-0.2, -0.15) is 0 Å². The first kappa shape index (κ1) is 23.4. The van der Waals surface area contributed by atoms with E-state index >= 15 is 0 Å². The fourth-order valence-corrected chi connectivity index (χ4v) is 3.22. The standard InChI is InChI=1S/C18H24BrFN2O3.C2H6/c1-11-9-21(16(23)13-6-7-14(19)15(20)8-13)10-12(2)22(11)17(24)25-18(3,4)5;1-2/h6-8,11-12H,9-10H2,1-5H3;1-2H3. The number of carbonyl (C=O) groups excluding carboxylic acids is 2. The monoisotopic (exact) mass is 444 g/mol. The topological polar surface area (TPSA) is 49.9 Å². The predicted octanol–water partition coefficient (Wildman–Crippen LogP) is 5.08. The maximum Gasteiger partial charge on any atom is 0.410 e. The van der Waals surface area contributed by atoms with Gasteiger partial charge in [-0.05, 0) is 68.7 Å². The van der Waals surface area contributed by atoms with Gasteiger partial charge < -0.3 is 9.64 Å². The Morgan fingerprint density at radius 1 is 1.15 bits per heavy atom. The molecule has 2 amide bonds. The van der Waals surface area contributed by atoms with Crippen molar-refractivity contribution in [3.8, 4) is 0 Å². The lowest BCUT2D eigenvalue weighted by Crippen LogP contribution is -2.60. The Hall–Kier alpha value is -1.63. The van der Waals surface area contributed by atoms with Crippen LogP contribution in [0.2, 0.25) is 0 Å². The smallest absolute Gasteiger partial charge is 0.410 e. The highest BCUT2D eigenvalue weighted by molar-refractivity contribution is 9.10. The molecular formula is C20H30BrFN2O3. The van der Waals surface area contributed by atoms with E-state index in [2.05, 4.69) is 15.9 Å². The minimum Gasteiger partial charge on any atom is -0.444 e. The quantitative estimate of drug-likeness (QED) is 0.606. The van der Waals surface area contributed by atoms with Gasteiger partial charge in [0.1, 0.15) is 11.4 Å². The molecule has 1 aromatic carbocycles. The molecule has 1 aromatic rings. The van der Waals surface area contributed by atoms with E-state index in [1.165, 1.54) is 12.1 Å². The van der Waals surface area contributed by atoms with Crippen molar-refractivity contribution in [2.45, 2.75) is 66.2 Å². The maximum absolute atomic E-state index is 13.7. The number of halogens is 2. The molecule has 1 fully saturated rings. The normalized spacial score (nSPS) is 19.9. The number of benzene rings is 1. The highest BCUT2D eigenvalue weighted by atomic mass is 79.9. The number of hydrogen-bond donors (Lipinski definition) is 0. The van der Waals surface area contributed by atoms with Crippen LogP contribution >= 0.6 is 15.9 Å². The minimum absolute atomic E-state index is 0.192. The lowest BCUT2D eigenvalue weighted by molar-refractivity contribution is -0.0129. The SMILES string of the molecule is CC.CC1CN(C(=O)c2ccc(Br)c(F)c2)CC(C)N1C(=O)OC(C)(C)C. The van der Waals surface area contributed by atoms with Crippen molar-refractivity contribution in [1.82, 2.24) is 9.80 Å². The van der Waals surface area contributed by atoms with Gasteiger partial charge in [0.15, 0.2) is 0 Å². The summed E-state index contributed by atoms with van der Waals surface area (Å²) in [5.74, 6) is -0.715. The van der Waals surface area contributed by atoms with Crippen molar-refractivity contribution >= 4 is 27.9 Å². The third kappa shape index (κ3) is 6.19. The first-order valence-electron chi connectivity index (χ1n) is 9.25. The van der Waals surface area contributed by atoms with Gasteiger partial charge in [0.25, 0.3) is 5.91 Å². The van der Waals surface area contributed by atoms with Crippen LogP contribution in [0.15, 0.2) is 22.7 Å². The van der Waals surface area contributed by atoms with Crippen molar-refractivity contribution in [2.24, 2.45) is 0 Å². The Balaban J connectivity index is 0.00000176. The summed E-state index contributed by atoms with van der Waals surface area (Å²) in [6.45, 7) is 14.0. The summed E-state index contributed by atoms with van der Waals surface area (Å²) in [5.41, 5.74) is -0.274. The Morgan fingerprint density at radius 3 is 2.11 bits per heavy atom. The van der Waals surface area contributed by atoms with Crippen LogP contribution in [0.4, 0.5) is 9.18 Å². The zero-order chi connectivity index (χ0) is 20.9. The maximum atomic E-state index is 13.7. The number of amides is 2. The molecule has 0 aliphatic carbocycles. The molecule has 0 radical (unpaired) electrons. The highest BCUT2D eigenvalue weighted by Gasteiger charge is 2.37. The average Bonchev–Trinajstić information content (AvgIpc) is 2.56. The van der Waals surface area contributed by atoms with Crippen molar-refractivity contribution in [2.75, 3.05) is 13.1 Å². The molecule has 2 rings (SSSR count). The molecule has 1 aliphatic rings. The third-order valence-corrected chi connectivity index (χ3v) is 4.62. The highest BCUT2D eigenvalue weighted by Crippen LogP contribution is 2.23. The fraction of sp³-hybridized carbons (Fsp3) is 0.600. The van der Waals surface area contributed by atoms with Crippen LogP contribution in [-0.4, -0.2) is 52.6 Å². The van der Waals surface area contributed by atoms with Crippen LogP contribution in [0.25, 0.3) is 0 Å². The zero-order valence-corrected chi connectivity index (χ0v) is 18.8. The Kier molecular flexibility index (Phi) is 8.26. The molecule has 1 saturated heterocycles. The van der Waals surface area contributed by atoms with Crippen LogP contribution in [0, 0.1) is 5.82 Å². The van der Waals surface area contributed by atoms with E-state index in [1.54, 1.807) is 15.9 Å². The Morgan fingerprint density at radius 2 is 1.67 bits per heavy atom. The molecule has 0 N–H and O–H groups in total. The van der Waals surface area contributed by atoms with Gasteiger partial charge in [-0.25, -0.2) is 9.18 Å². The van der Waals surface area contributed by atoms with E-state index in [1.807, 2.05) is 48.5 Å². The number of carbonyl (C=O) groups is 2. The molecule has 0 aromatic heterocycles. The van der Waals surface area contributed by atoms with Crippen LogP contribution in [0.1, 0.15) is 58.8 Å². The van der Waals surface area contributed by atoms with Crippen LogP contribution < -0.4 is 0 Å². The molecule has 27 heavy (non-hydrogen) atoms. The molecule has 7 heteroatoms. The second-order valence-corrected chi connectivity index (χ2v) is 8.28. The van der Waals surface area contributed by atoms with Gasteiger partial charge in [0, 0.05) is 18.7 Å². The van der Waals surface area contributed by atoms with Gasteiger partial charge in [-0.1, -0.05) is 13.8 Å². The van der Waals surface area contributed by atoms with Crippen LogP contribution in [-0.2, 0) is 4.74 Å². The molecule has 2 unspecified atom stereocenters. The minimum atomic E-state index is -0.571. The molecule has 5 nitrogen and oxygen atoms in total. The number of piperazine rings is 1. The zero-order valence-electron chi connectivity index (χ0n) is 17.2. The second-order valence-electron chi connectivity index (χ2n) is 7.42. The van der Waals surface area contributed by atoms with E-state index in [0.29, 0.717) is 23.1 Å². The number of hydrogen-bond acceptors (Lipinski definition) is 3. The van der Waals surface area contributed by atoms with Crippen molar-refractivity contribution < 1.29 is 18.7 Å². The summed E-state index contributed by atoms with van der Waals surface area (Å²) in [6, 6.07) is 3.95. The Bertz CT molecular complexity index is 664. The first-order chi connectivity index (χ1) is 12.5. The number of rotatable bonds is 1. The van der Waals surface area contributed by atoms with Gasteiger partial charge in [-0.3, -0.25) is 9.69 Å². The molecular weight excluding hydrogens is 415 g/mol. The summed E-state index contributed by atoms with van der Waals surface area (Å²) in [7, 11) is 0. The number of ether oxygens (including phenoxy) is 1. The molecule has 0 saturated carbocycles. The Labute approximate surface area is 170 Å². The molecule has 1 heterocycles. The van der Waals surface area contributed by atoms with Gasteiger partial charge in [-0.15, -0.1) is 0 Å². The largest absolute Gasteiger partial charge is 0.444 e. The van der Waals surface area contributed by atoms with Crippen LogP contribution in [0.5, 0.6) is 0 Å². The molecule has 152 valence electrons. The van der Waals surface area contributed by atoms with Gasteiger partial charge in [0.05, 0.1) is 16.6 Å². The van der Waals surface area contributed by atoms with Gasteiger partial charge in [0.2, 0.25) is 0 Å². The summed E-state index contributed by atoms with van der Waals surface area (Å²) in [5, 5.41) is 0. The molecule has 0 bridgehead atoms. The molecule has 2 atom stereocenters. The summed E-state index contributed by atoms with van der Waals surface area (Å²) in [6.07, 6.45) is -0.380. The molecule has 1 aliphatic heterocycles. The molecule has 0 spiro atoms. The first-order valence-corrected chi connectivity index (χ1v) is 10.0. The average molecular weight is 445 g/mol. The third-order valence-electron chi connectivity index (χ3n) is 3.98. The van der Waals surface area contributed by atoms with E-state index in [9.17, 15) is 14.0 Å². The summed E-state index contributed by atoms with van der Waals surface area (Å²) in [4.78, 5) is 28.4. The van der Waals surface area contributed by atoms with Crippen molar-refractivity contribution in [3.05, 3.63) is 34.1 Å². The predicted molar refractivity (Wildman–Crippen MR) is 108 cm³/mol. The van der Waals surface area contributed by atoms with Gasteiger partial charge >= 0.3 is 6.09 Å². The van der Waals surface area contributed by atoms with E-state index in [-0.39, 0.29) is 24.1 Å². The van der Waals surface area contributed by atoms with E-state index in [4.69, 9.17) is 4.74 Å². The van der Waals surface area contributed by atoms with E-state index < -0.39 is 11.4 Å².